The molecule has 7 heteroatoms. The summed E-state index contributed by atoms with van der Waals surface area (Å²) < 4.78 is 27.0. The van der Waals surface area contributed by atoms with Gasteiger partial charge in [-0.25, -0.2) is 4.98 Å². The summed E-state index contributed by atoms with van der Waals surface area (Å²) in [7, 11) is 0. The molecule has 0 unspecified atom stereocenters. The summed E-state index contributed by atoms with van der Waals surface area (Å²) in [6, 6.07) is 0. The zero-order valence-electron chi connectivity index (χ0n) is 7.08. The van der Waals surface area contributed by atoms with Crippen molar-refractivity contribution in [3.05, 3.63) is 23.4 Å². The molecule has 0 aliphatic heterocycles. The maximum absolute atomic E-state index is 13.0. The number of alkyl halides is 2. The molecule has 0 N–H and O–H groups in total. The molecule has 14 heavy (non-hydrogen) atoms. The Balaban J connectivity index is 2.73. The first-order valence-electron chi connectivity index (χ1n) is 3.73. The van der Waals surface area contributed by atoms with Gasteiger partial charge < -0.3 is 0 Å². The molecule has 2 heterocycles. The lowest BCUT2D eigenvalue weighted by Gasteiger charge is -2.06. The van der Waals surface area contributed by atoms with Crippen LogP contribution in [0.5, 0.6) is 0 Å². The van der Waals surface area contributed by atoms with Crippen molar-refractivity contribution in [2.45, 2.75) is 12.8 Å². The zero-order valence-corrected chi connectivity index (χ0v) is 7.83. The number of halogens is 3. The summed E-state index contributed by atoms with van der Waals surface area (Å²) in [5, 5.41) is 7.02. The fourth-order valence-electron chi connectivity index (χ4n) is 1.08. The van der Waals surface area contributed by atoms with Crippen LogP contribution >= 0.6 is 11.6 Å². The van der Waals surface area contributed by atoms with Gasteiger partial charge >= 0.3 is 5.92 Å². The Bertz CT molecular complexity index is 476. The van der Waals surface area contributed by atoms with Crippen LogP contribution in [0.1, 0.15) is 12.7 Å². The van der Waals surface area contributed by atoms with Crippen LogP contribution < -0.4 is 0 Å². The van der Waals surface area contributed by atoms with Crippen LogP contribution in [-0.2, 0) is 5.92 Å². The number of hydrogen-bond donors (Lipinski definition) is 0. The van der Waals surface area contributed by atoms with Gasteiger partial charge in [-0.15, -0.1) is 10.2 Å². The van der Waals surface area contributed by atoms with E-state index in [0.29, 0.717) is 0 Å². The molecular weight excluding hydrogens is 214 g/mol. The second-order valence-corrected chi connectivity index (χ2v) is 3.24. The van der Waals surface area contributed by atoms with Crippen molar-refractivity contribution in [3.63, 3.8) is 0 Å². The molecule has 2 rings (SSSR count). The van der Waals surface area contributed by atoms with Crippen molar-refractivity contribution in [3.8, 4) is 0 Å². The maximum atomic E-state index is 13.0. The van der Waals surface area contributed by atoms with Crippen LogP contribution in [0.4, 0.5) is 8.78 Å². The minimum Gasteiger partial charge on any atom is -0.277 e. The molecule has 74 valence electrons. The lowest BCUT2D eigenvalue weighted by molar-refractivity contribution is 0.00667. The van der Waals surface area contributed by atoms with E-state index in [1.54, 1.807) is 0 Å². The van der Waals surface area contributed by atoms with E-state index in [4.69, 9.17) is 11.6 Å². The largest absolute Gasteiger partial charge is 0.304 e. The van der Waals surface area contributed by atoms with Gasteiger partial charge in [0.25, 0.3) is 0 Å². The van der Waals surface area contributed by atoms with Crippen molar-refractivity contribution in [1.29, 1.82) is 0 Å². The second-order valence-electron chi connectivity index (χ2n) is 2.85. The van der Waals surface area contributed by atoms with E-state index in [-0.39, 0.29) is 10.8 Å². The fraction of sp³-hybridized carbons (Fsp3) is 0.286. The Hall–Kier alpha value is -1.30. The molecule has 0 fully saturated rings. The Morgan fingerprint density at radius 3 is 2.79 bits per heavy atom. The molecule has 0 radical (unpaired) electrons. The molecule has 0 aliphatic carbocycles. The highest BCUT2D eigenvalue weighted by Crippen LogP contribution is 2.25. The van der Waals surface area contributed by atoms with Gasteiger partial charge in [-0.05, 0) is 0 Å². The number of hydrogen-bond acceptors (Lipinski definition) is 3. The molecule has 0 saturated carbocycles. The summed E-state index contributed by atoms with van der Waals surface area (Å²) in [6.07, 6.45) is 2.54. The van der Waals surface area contributed by atoms with Gasteiger partial charge in [-0.3, -0.25) is 4.40 Å². The quantitative estimate of drug-likeness (QED) is 0.734. The van der Waals surface area contributed by atoms with E-state index in [9.17, 15) is 8.78 Å². The van der Waals surface area contributed by atoms with Crippen LogP contribution in [0.25, 0.3) is 5.65 Å². The summed E-state index contributed by atoms with van der Waals surface area (Å²) in [5.41, 5.74) is 0.242. The minimum absolute atomic E-state index is 0.114. The van der Waals surface area contributed by atoms with E-state index < -0.39 is 11.7 Å². The topological polar surface area (TPSA) is 43.1 Å². The van der Waals surface area contributed by atoms with Crippen LogP contribution in [0.3, 0.4) is 0 Å². The molecular formula is C7H5ClF2N4. The standard InChI is InChI=1S/C7H5ClF2N4/c1-7(9,10)6-13-12-5-2-11-4(8)3-14(5)6/h2-3H,1H3. The van der Waals surface area contributed by atoms with Crippen LogP contribution in [0.2, 0.25) is 5.15 Å². The van der Waals surface area contributed by atoms with Crippen molar-refractivity contribution in [2.75, 3.05) is 0 Å². The predicted molar refractivity (Wildman–Crippen MR) is 45.4 cm³/mol. The number of rotatable bonds is 1. The number of nitrogens with zero attached hydrogens (tertiary/aromatic N) is 4. The molecule has 0 spiro atoms. The third kappa shape index (κ3) is 1.41. The van der Waals surface area contributed by atoms with Gasteiger partial charge in [-0.1, -0.05) is 11.6 Å². The van der Waals surface area contributed by atoms with Gasteiger partial charge in [0.05, 0.1) is 6.20 Å². The SMILES string of the molecule is CC(F)(F)c1nnc2cnc(Cl)cn12. The average Bonchev–Trinajstić information content (AvgIpc) is 2.45. The molecule has 2 aromatic rings. The van der Waals surface area contributed by atoms with Gasteiger partial charge in [0.1, 0.15) is 5.15 Å². The van der Waals surface area contributed by atoms with E-state index in [2.05, 4.69) is 15.2 Å². The van der Waals surface area contributed by atoms with Gasteiger partial charge in [0, 0.05) is 13.1 Å². The van der Waals surface area contributed by atoms with E-state index in [0.717, 1.165) is 11.3 Å². The number of fused-ring (bicyclic) bond motifs is 1. The highest BCUT2D eigenvalue weighted by molar-refractivity contribution is 6.29. The predicted octanol–water partition coefficient (Wildman–Crippen LogP) is 1.89. The van der Waals surface area contributed by atoms with Crippen molar-refractivity contribution < 1.29 is 8.78 Å². The van der Waals surface area contributed by atoms with Gasteiger partial charge in [0.2, 0.25) is 5.82 Å². The molecule has 0 aliphatic rings. The normalized spacial score (nSPS) is 12.3. The Kier molecular flexibility index (Phi) is 1.88. The molecule has 4 nitrogen and oxygen atoms in total. The van der Waals surface area contributed by atoms with Crippen molar-refractivity contribution in [1.82, 2.24) is 19.6 Å². The van der Waals surface area contributed by atoms with E-state index in [1.165, 1.54) is 12.4 Å². The Morgan fingerprint density at radius 1 is 1.43 bits per heavy atom. The first-order chi connectivity index (χ1) is 6.48. The molecule has 0 amide bonds. The first kappa shape index (κ1) is 9.26. The summed E-state index contributed by atoms with van der Waals surface area (Å²) >= 11 is 5.57. The fourth-order valence-corrected chi connectivity index (χ4v) is 1.22. The summed E-state index contributed by atoms with van der Waals surface area (Å²) in [6.45, 7) is 0.748. The third-order valence-corrected chi connectivity index (χ3v) is 1.85. The lowest BCUT2D eigenvalue weighted by atomic mass is 10.4. The summed E-state index contributed by atoms with van der Waals surface area (Å²) in [5.74, 6) is -3.50. The second kappa shape index (κ2) is 2.84. The molecule has 2 aromatic heterocycles. The van der Waals surface area contributed by atoms with Crippen LogP contribution in [0, 0.1) is 0 Å². The molecule has 0 atom stereocenters. The third-order valence-electron chi connectivity index (χ3n) is 1.65. The van der Waals surface area contributed by atoms with Gasteiger partial charge in [-0.2, -0.15) is 8.78 Å². The van der Waals surface area contributed by atoms with Gasteiger partial charge in [0.15, 0.2) is 5.65 Å². The Labute approximate surface area is 82.5 Å². The van der Waals surface area contributed by atoms with E-state index >= 15 is 0 Å². The van der Waals surface area contributed by atoms with Crippen LogP contribution in [0.15, 0.2) is 12.4 Å². The smallest absolute Gasteiger partial charge is 0.277 e. The highest BCUT2D eigenvalue weighted by Gasteiger charge is 2.30. The monoisotopic (exact) mass is 218 g/mol. The minimum atomic E-state index is -3.05. The number of aromatic nitrogens is 4. The maximum Gasteiger partial charge on any atom is 0.304 e. The van der Waals surface area contributed by atoms with Crippen molar-refractivity contribution in [2.24, 2.45) is 0 Å². The molecule has 0 saturated heterocycles. The zero-order chi connectivity index (χ0) is 10.3. The first-order valence-corrected chi connectivity index (χ1v) is 4.11. The highest BCUT2D eigenvalue weighted by atomic mass is 35.5. The Morgan fingerprint density at radius 2 is 2.14 bits per heavy atom. The average molecular weight is 219 g/mol. The molecule has 0 bridgehead atoms. The molecule has 0 aromatic carbocycles. The van der Waals surface area contributed by atoms with E-state index in [1.807, 2.05) is 0 Å². The van der Waals surface area contributed by atoms with Crippen molar-refractivity contribution >= 4 is 17.2 Å². The summed E-state index contributed by atoms with van der Waals surface area (Å²) in [4.78, 5) is 3.70. The lowest BCUT2D eigenvalue weighted by Crippen LogP contribution is -2.12. The van der Waals surface area contributed by atoms with Crippen LogP contribution in [-0.4, -0.2) is 19.6 Å².